The monoisotopic (exact) mass is 359 g/mol. The van der Waals surface area contributed by atoms with E-state index < -0.39 is 11.4 Å². The first-order chi connectivity index (χ1) is 12.7. The lowest BCUT2D eigenvalue weighted by atomic mass is 10.0. The van der Waals surface area contributed by atoms with Crippen LogP contribution >= 0.6 is 0 Å². The van der Waals surface area contributed by atoms with Gasteiger partial charge in [0, 0.05) is 38.6 Å². The molecule has 2 aromatic rings. The molecule has 0 aromatic carbocycles. The molecule has 7 nitrogen and oxygen atoms in total. The van der Waals surface area contributed by atoms with Gasteiger partial charge in [-0.2, -0.15) is 0 Å². The maximum absolute atomic E-state index is 13.1. The molecule has 0 saturated carbocycles. The molecule has 0 radical (unpaired) electrons. The third-order valence-electron chi connectivity index (χ3n) is 4.70. The Labute approximate surface area is 151 Å². The summed E-state index contributed by atoms with van der Waals surface area (Å²) in [5, 5.41) is 0. The lowest BCUT2D eigenvalue weighted by Gasteiger charge is -2.43. The largest absolute Gasteiger partial charge is 0.377 e. The van der Waals surface area contributed by atoms with Crippen LogP contribution in [0.2, 0.25) is 0 Å². The minimum Gasteiger partial charge on any atom is -0.377 e. The fourth-order valence-corrected chi connectivity index (χ4v) is 3.54. The summed E-state index contributed by atoms with van der Waals surface area (Å²) >= 11 is 0. The summed E-state index contributed by atoms with van der Waals surface area (Å²) in [7, 11) is 0. The summed E-state index contributed by atoms with van der Waals surface area (Å²) in [6.07, 6.45) is 6.06. The van der Waals surface area contributed by atoms with Gasteiger partial charge in [-0.15, -0.1) is 0 Å². The predicted molar refractivity (Wildman–Crippen MR) is 93.2 cm³/mol. The quantitative estimate of drug-likeness (QED) is 0.814. The predicted octanol–water partition coefficient (Wildman–Crippen LogP) is 1.12. The van der Waals surface area contributed by atoms with Crippen molar-refractivity contribution in [2.24, 2.45) is 0 Å². The molecule has 2 aliphatic rings. The molecule has 0 amide bonds. The Hall–Kier alpha value is -2.16. The standard InChI is InChI=1S/C18H22FN5O2/c19-16-9-21-17(22-10-16)24-5-7-26-18(13-24)12-23(4-6-25-14-18)11-15-2-1-3-20-8-15/h1-3,8-10H,4-7,11-14H2. The van der Waals surface area contributed by atoms with Crippen molar-refractivity contribution in [3.05, 3.63) is 48.3 Å². The van der Waals surface area contributed by atoms with E-state index in [2.05, 4.69) is 25.9 Å². The number of rotatable bonds is 3. The lowest BCUT2D eigenvalue weighted by molar-refractivity contribution is -0.100. The van der Waals surface area contributed by atoms with Crippen LogP contribution in [0.3, 0.4) is 0 Å². The molecule has 138 valence electrons. The van der Waals surface area contributed by atoms with Crippen LogP contribution in [0, 0.1) is 5.82 Å². The molecule has 2 aliphatic heterocycles. The van der Waals surface area contributed by atoms with E-state index in [9.17, 15) is 4.39 Å². The zero-order chi connectivity index (χ0) is 17.8. The van der Waals surface area contributed by atoms with Gasteiger partial charge in [-0.3, -0.25) is 9.88 Å². The van der Waals surface area contributed by atoms with Gasteiger partial charge in [0.2, 0.25) is 5.95 Å². The van der Waals surface area contributed by atoms with Gasteiger partial charge in [0.15, 0.2) is 5.82 Å². The van der Waals surface area contributed by atoms with Crippen molar-refractivity contribution in [3.8, 4) is 0 Å². The normalized spacial score (nSPS) is 24.6. The van der Waals surface area contributed by atoms with E-state index in [1.54, 1.807) is 6.20 Å². The second-order valence-corrected chi connectivity index (χ2v) is 6.78. The highest BCUT2D eigenvalue weighted by Crippen LogP contribution is 2.25. The number of hydrogen-bond donors (Lipinski definition) is 0. The zero-order valence-corrected chi connectivity index (χ0v) is 14.6. The van der Waals surface area contributed by atoms with E-state index in [1.807, 2.05) is 17.2 Å². The molecule has 26 heavy (non-hydrogen) atoms. The molecule has 1 atom stereocenters. The van der Waals surface area contributed by atoms with Gasteiger partial charge in [-0.05, 0) is 11.6 Å². The lowest BCUT2D eigenvalue weighted by Crippen LogP contribution is -2.59. The summed E-state index contributed by atoms with van der Waals surface area (Å²) in [6, 6.07) is 4.02. The molecular formula is C18H22FN5O2. The molecule has 4 heterocycles. The van der Waals surface area contributed by atoms with Crippen LogP contribution < -0.4 is 4.90 Å². The fraction of sp³-hybridized carbons (Fsp3) is 0.500. The molecule has 1 unspecified atom stereocenters. The van der Waals surface area contributed by atoms with Crippen molar-refractivity contribution in [3.63, 3.8) is 0 Å². The SMILES string of the molecule is Fc1cnc(N2CCOC3(COCCN(Cc4cccnc4)C3)C2)nc1. The number of halogens is 1. The third kappa shape index (κ3) is 3.98. The Bertz CT molecular complexity index is 717. The topological polar surface area (TPSA) is 63.6 Å². The van der Waals surface area contributed by atoms with Crippen LogP contribution in [0.5, 0.6) is 0 Å². The van der Waals surface area contributed by atoms with Crippen molar-refractivity contribution in [2.75, 3.05) is 50.9 Å². The minimum absolute atomic E-state index is 0.433. The molecule has 8 heteroatoms. The van der Waals surface area contributed by atoms with E-state index >= 15 is 0 Å². The van der Waals surface area contributed by atoms with Crippen molar-refractivity contribution in [1.82, 2.24) is 19.9 Å². The molecule has 2 aromatic heterocycles. The average molecular weight is 359 g/mol. The van der Waals surface area contributed by atoms with Crippen LogP contribution in [0.15, 0.2) is 36.9 Å². The van der Waals surface area contributed by atoms with Crippen molar-refractivity contribution in [2.45, 2.75) is 12.1 Å². The molecule has 4 rings (SSSR count). The summed E-state index contributed by atoms with van der Waals surface area (Å²) in [4.78, 5) is 16.8. The fourth-order valence-electron chi connectivity index (χ4n) is 3.54. The number of pyridine rings is 1. The number of aromatic nitrogens is 3. The highest BCUT2D eigenvalue weighted by molar-refractivity contribution is 5.31. The maximum atomic E-state index is 13.1. The highest BCUT2D eigenvalue weighted by atomic mass is 19.1. The Morgan fingerprint density at radius 3 is 2.81 bits per heavy atom. The van der Waals surface area contributed by atoms with E-state index in [-0.39, 0.29) is 0 Å². The first-order valence-electron chi connectivity index (χ1n) is 8.78. The van der Waals surface area contributed by atoms with Gasteiger partial charge in [0.1, 0.15) is 5.60 Å². The van der Waals surface area contributed by atoms with Crippen LogP contribution in [0.1, 0.15) is 5.56 Å². The van der Waals surface area contributed by atoms with Gasteiger partial charge in [0.05, 0.1) is 38.8 Å². The summed E-state index contributed by atoms with van der Waals surface area (Å²) in [5.74, 6) is 0.0919. The van der Waals surface area contributed by atoms with Crippen LogP contribution in [0.25, 0.3) is 0 Å². The van der Waals surface area contributed by atoms with Gasteiger partial charge >= 0.3 is 0 Å². The van der Waals surface area contributed by atoms with Crippen LogP contribution in [-0.2, 0) is 16.0 Å². The Morgan fingerprint density at radius 1 is 1.12 bits per heavy atom. The van der Waals surface area contributed by atoms with Crippen molar-refractivity contribution >= 4 is 5.95 Å². The number of nitrogens with zero attached hydrogens (tertiary/aromatic N) is 5. The molecule has 0 N–H and O–H groups in total. The average Bonchev–Trinajstić information content (AvgIpc) is 2.85. The van der Waals surface area contributed by atoms with Crippen LogP contribution in [-0.4, -0.2) is 71.5 Å². The second kappa shape index (κ2) is 7.61. The smallest absolute Gasteiger partial charge is 0.225 e. The molecule has 0 bridgehead atoms. The summed E-state index contributed by atoms with van der Waals surface area (Å²) in [5.41, 5.74) is 0.716. The minimum atomic E-state index is -0.450. The summed E-state index contributed by atoms with van der Waals surface area (Å²) < 4.78 is 25.1. The van der Waals surface area contributed by atoms with Gasteiger partial charge in [0.25, 0.3) is 0 Å². The molecule has 0 aliphatic carbocycles. The number of ether oxygens (including phenoxy) is 2. The Balaban J connectivity index is 1.49. The van der Waals surface area contributed by atoms with Gasteiger partial charge < -0.3 is 14.4 Å². The molecule has 2 saturated heterocycles. The first-order valence-corrected chi connectivity index (χ1v) is 8.78. The van der Waals surface area contributed by atoms with Crippen LogP contribution in [0.4, 0.5) is 10.3 Å². The maximum Gasteiger partial charge on any atom is 0.225 e. The second-order valence-electron chi connectivity index (χ2n) is 6.78. The zero-order valence-electron chi connectivity index (χ0n) is 14.6. The Kier molecular flexibility index (Phi) is 5.05. The number of anilines is 1. The van der Waals surface area contributed by atoms with Gasteiger partial charge in [-0.1, -0.05) is 6.07 Å². The highest BCUT2D eigenvalue weighted by Gasteiger charge is 2.41. The third-order valence-corrected chi connectivity index (χ3v) is 4.70. The van der Waals surface area contributed by atoms with Crippen molar-refractivity contribution in [1.29, 1.82) is 0 Å². The first kappa shape index (κ1) is 17.3. The van der Waals surface area contributed by atoms with E-state index in [0.717, 1.165) is 19.6 Å². The molecule has 2 fully saturated rings. The number of hydrogen-bond acceptors (Lipinski definition) is 7. The van der Waals surface area contributed by atoms with Crippen molar-refractivity contribution < 1.29 is 13.9 Å². The Morgan fingerprint density at radius 2 is 2.00 bits per heavy atom. The molecular weight excluding hydrogens is 337 g/mol. The molecule has 1 spiro atoms. The van der Waals surface area contributed by atoms with E-state index in [1.165, 1.54) is 18.0 Å². The number of morpholine rings is 1. The van der Waals surface area contributed by atoms with E-state index in [0.29, 0.717) is 38.9 Å². The van der Waals surface area contributed by atoms with Gasteiger partial charge in [-0.25, -0.2) is 14.4 Å². The summed E-state index contributed by atoms with van der Waals surface area (Å²) in [6.45, 7) is 5.43. The van der Waals surface area contributed by atoms with E-state index in [4.69, 9.17) is 9.47 Å².